The molecule has 1 aliphatic heterocycles. The van der Waals surface area contributed by atoms with Gasteiger partial charge in [0.05, 0.1) is 0 Å². The number of ketones is 1. The number of piperidine rings is 1. The third-order valence-electron chi connectivity index (χ3n) is 3.51. The standard InChI is InChI=1S/C14H19NO/c1-10-4-5-13(8-11(10)2)15-7-6-14(16)9-12(15)3/h4-5,8,12H,6-7,9H2,1-3H3. The van der Waals surface area contributed by atoms with Gasteiger partial charge in [0.25, 0.3) is 0 Å². The van der Waals surface area contributed by atoms with Crippen LogP contribution in [-0.4, -0.2) is 18.4 Å². The predicted molar refractivity (Wildman–Crippen MR) is 67.0 cm³/mol. The lowest BCUT2D eigenvalue weighted by atomic mass is 10.0. The summed E-state index contributed by atoms with van der Waals surface area (Å²) in [5.74, 6) is 0.396. The monoisotopic (exact) mass is 217 g/mol. The molecule has 1 aromatic rings. The topological polar surface area (TPSA) is 20.3 Å². The highest BCUT2D eigenvalue weighted by molar-refractivity contribution is 5.81. The van der Waals surface area contributed by atoms with Gasteiger partial charge in [-0.3, -0.25) is 4.79 Å². The van der Waals surface area contributed by atoms with Gasteiger partial charge >= 0.3 is 0 Å². The van der Waals surface area contributed by atoms with Crippen LogP contribution in [0, 0.1) is 13.8 Å². The summed E-state index contributed by atoms with van der Waals surface area (Å²) in [5, 5.41) is 0. The zero-order valence-electron chi connectivity index (χ0n) is 10.3. The first-order valence-corrected chi connectivity index (χ1v) is 5.93. The Morgan fingerprint density at radius 1 is 1.25 bits per heavy atom. The largest absolute Gasteiger partial charge is 0.368 e. The van der Waals surface area contributed by atoms with Crippen LogP contribution in [0.15, 0.2) is 18.2 Å². The maximum atomic E-state index is 11.3. The van der Waals surface area contributed by atoms with Crippen LogP contribution < -0.4 is 4.90 Å². The molecule has 1 aromatic carbocycles. The van der Waals surface area contributed by atoms with E-state index in [1.165, 1.54) is 16.8 Å². The summed E-state index contributed by atoms with van der Waals surface area (Å²) in [5.41, 5.74) is 3.90. The van der Waals surface area contributed by atoms with Gasteiger partial charge in [-0.15, -0.1) is 0 Å². The molecule has 1 fully saturated rings. The van der Waals surface area contributed by atoms with Crippen molar-refractivity contribution < 1.29 is 4.79 Å². The van der Waals surface area contributed by atoms with E-state index in [0.717, 1.165) is 6.54 Å². The molecule has 0 spiro atoms. The lowest BCUT2D eigenvalue weighted by Crippen LogP contribution is -2.41. The molecule has 2 heteroatoms. The van der Waals surface area contributed by atoms with E-state index < -0.39 is 0 Å². The van der Waals surface area contributed by atoms with E-state index in [0.29, 0.717) is 24.7 Å². The SMILES string of the molecule is Cc1ccc(N2CCC(=O)CC2C)cc1C. The number of rotatable bonds is 1. The Kier molecular flexibility index (Phi) is 2.99. The number of benzene rings is 1. The highest BCUT2D eigenvalue weighted by Gasteiger charge is 2.23. The minimum absolute atomic E-state index is 0.336. The zero-order chi connectivity index (χ0) is 11.7. The molecule has 0 saturated carbocycles. The Labute approximate surface area is 97.3 Å². The summed E-state index contributed by atoms with van der Waals surface area (Å²) in [6, 6.07) is 6.88. The van der Waals surface area contributed by atoms with Crippen LogP contribution in [0.1, 0.15) is 30.9 Å². The molecule has 2 rings (SSSR count). The fourth-order valence-corrected chi connectivity index (χ4v) is 2.30. The van der Waals surface area contributed by atoms with Crippen LogP contribution in [0.4, 0.5) is 5.69 Å². The van der Waals surface area contributed by atoms with Crippen LogP contribution >= 0.6 is 0 Å². The molecule has 1 atom stereocenters. The van der Waals surface area contributed by atoms with Gasteiger partial charge in [0.2, 0.25) is 0 Å². The van der Waals surface area contributed by atoms with E-state index in [9.17, 15) is 4.79 Å². The van der Waals surface area contributed by atoms with Crippen LogP contribution in [0.25, 0.3) is 0 Å². The summed E-state index contributed by atoms with van der Waals surface area (Å²) in [4.78, 5) is 13.7. The second-order valence-electron chi connectivity index (χ2n) is 4.80. The van der Waals surface area contributed by atoms with Gasteiger partial charge in [-0.25, -0.2) is 0 Å². The van der Waals surface area contributed by atoms with Gasteiger partial charge in [-0.05, 0) is 44.0 Å². The summed E-state index contributed by atoms with van der Waals surface area (Å²) in [7, 11) is 0. The average Bonchev–Trinajstić information content (AvgIpc) is 2.22. The zero-order valence-corrected chi connectivity index (χ0v) is 10.3. The van der Waals surface area contributed by atoms with Crippen molar-refractivity contribution in [3.63, 3.8) is 0 Å². The summed E-state index contributed by atoms with van der Waals surface area (Å²) < 4.78 is 0. The molecule has 0 amide bonds. The number of Topliss-reactive ketones (excluding diaryl/α,β-unsaturated/α-hetero) is 1. The maximum absolute atomic E-state index is 11.3. The Morgan fingerprint density at radius 2 is 2.00 bits per heavy atom. The smallest absolute Gasteiger partial charge is 0.136 e. The summed E-state index contributed by atoms with van der Waals surface area (Å²) in [6.45, 7) is 7.26. The van der Waals surface area contributed by atoms with Gasteiger partial charge in [0.15, 0.2) is 0 Å². The molecule has 1 unspecified atom stereocenters. The molecule has 1 aliphatic rings. The fourth-order valence-electron chi connectivity index (χ4n) is 2.30. The van der Waals surface area contributed by atoms with Crippen molar-refractivity contribution in [2.75, 3.05) is 11.4 Å². The van der Waals surface area contributed by atoms with Crippen LogP contribution in [0.3, 0.4) is 0 Å². The minimum atomic E-state index is 0.336. The first-order valence-electron chi connectivity index (χ1n) is 5.93. The molecule has 0 aliphatic carbocycles. The van der Waals surface area contributed by atoms with E-state index in [2.05, 4.69) is 43.9 Å². The lowest BCUT2D eigenvalue weighted by molar-refractivity contribution is -0.120. The van der Waals surface area contributed by atoms with Crippen molar-refractivity contribution in [1.29, 1.82) is 0 Å². The van der Waals surface area contributed by atoms with E-state index in [1.807, 2.05) is 0 Å². The second-order valence-corrected chi connectivity index (χ2v) is 4.80. The fraction of sp³-hybridized carbons (Fsp3) is 0.500. The van der Waals surface area contributed by atoms with Crippen LogP contribution in [-0.2, 0) is 4.79 Å². The molecule has 2 nitrogen and oxygen atoms in total. The van der Waals surface area contributed by atoms with Crippen molar-refractivity contribution in [2.24, 2.45) is 0 Å². The van der Waals surface area contributed by atoms with Gasteiger partial charge in [0.1, 0.15) is 5.78 Å². The number of aryl methyl sites for hydroxylation is 2. The van der Waals surface area contributed by atoms with Crippen molar-refractivity contribution in [3.8, 4) is 0 Å². The van der Waals surface area contributed by atoms with Crippen molar-refractivity contribution in [1.82, 2.24) is 0 Å². The van der Waals surface area contributed by atoms with Crippen LogP contribution in [0.2, 0.25) is 0 Å². The average molecular weight is 217 g/mol. The number of carbonyl (C=O) groups excluding carboxylic acids is 1. The van der Waals surface area contributed by atoms with E-state index in [-0.39, 0.29) is 0 Å². The quantitative estimate of drug-likeness (QED) is 0.721. The van der Waals surface area contributed by atoms with Gasteiger partial charge < -0.3 is 4.90 Å². The molecule has 0 radical (unpaired) electrons. The Balaban J connectivity index is 2.23. The number of hydrogen-bond donors (Lipinski definition) is 0. The van der Waals surface area contributed by atoms with Gasteiger partial charge in [-0.2, -0.15) is 0 Å². The Morgan fingerprint density at radius 3 is 2.62 bits per heavy atom. The highest BCUT2D eigenvalue weighted by Crippen LogP contribution is 2.25. The minimum Gasteiger partial charge on any atom is -0.368 e. The first-order chi connectivity index (χ1) is 7.58. The van der Waals surface area contributed by atoms with Crippen molar-refractivity contribution in [2.45, 2.75) is 39.7 Å². The summed E-state index contributed by atoms with van der Waals surface area (Å²) in [6.07, 6.45) is 1.38. The number of carbonyl (C=O) groups is 1. The van der Waals surface area contributed by atoms with Crippen molar-refractivity contribution in [3.05, 3.63) is 29.3 Å². The molecule has 0 N–H and O–H groups in total. The molecular weight excluding hydrogens is 198 g/mol. The lowest BCUT2D eigenvalue weighted by Gasteiger charge is -2.35. The third-order valence-corrected chi connectivity index (χ3v) is 3.51. The normalized spacial score (nSPS) is 21.3. The number of nitrogens with zero attached hydrogens (tertiary/aromatic N) is 1. The van der Waals surface area contributed by atoms with E-state index in [4.69, 9.17) is 0 Å². The highest BCUT2D eigenvalue weighted by atomic mass is 16.1. The molecule has 86 valence electrons. The third kappa shape index (κ3) is 2.11. The maximum Gasteiger partial charge on any atom is 0.136 e. The van der Waals surface area contributed by atoms with Crippen molar-refractivity contribution >= 4 is 11.5 Å². The molecular formula is C14H19NO. The first kappa shape index (κ1) is 11.2. The predicted octanol–water partition coefficient (Wildman–Crippen LogP) is 2.86. The van der Waals surface area contributed by atoms with Crippen LogP contribution in [0.5, 0.6) is 0 Å². The second kappa shape index (κ2) is 4.28. The van der Waals surface area contributed by atoms with E-state index >= 15 is 0 Å². The Bertz CT molecular complexity index is 411. The number of anilines is 1. The molecule has 0 aromatic heterocycles. The molecule has 0 bridgehead atoms. The van der Waals surface area contributed by atoms with Gasteiger partial charge in [-0.1, -0.05) is 6.07 Å². The molecule has 1 heterocycles. The molecule has 1 saturated heterocycles. The number of hydrogen-bond acceptors (Lipinski definition) is 2. The Hall–Kier alpha value is -1.31. The van der Waals surface area contributed by atoms with E-state index in [1.54, 1.807) is 0 Å². The van der Waals surface area contributed by atoms with Gasteiger partial charge in [0, 0.05) is 31.1 Å². The summed E-state index contributed by atoms with van der Waals surface area (Å²) >= 11 is 0. The molecule has 16 heavy (non-hydrogen) atoms.